The summed E-state index contributed by atoms with van der Waals surface area (Å²) in [5.41, 5.74) is 1.46. The smallest absolute Gasteiger partial charge is 0.270 e. The fourth-order valence-electron chi connectivity index (χ4n) is 3.51. The predicted octanol–water partition coefficient (Wildman–Crippen LogP) is 2.77. The van der Waals surface area contributed by atoms with Crippen LogP contribution in [0.2, 0.25) is 0 Å². The Hall–Kier alpha value is -3.24. The van der Waals surface area contributed by atoms with Gasteiger partial charge < -0.3 is 15.0 Å². The number of rotatable bonds is 7. The van der Waals surface area contributed by atoms with Crippen LogP contribution in [0.5, 0.6) is 5.75 Å². The van der Waals surface area contributed by atoms with E-state index < -0.39 is 0 Å². The number of anilines is 1. The van der Waals surface area contributed by atoms with Crippen LogP contribution in [0.4, 0.5) is 10.8 Å². The van der Waals surface area contributed by atoms with Gasteiger partial charge in [0.1, 0.15) is 5.75 Å². The van der Waals surface area contributed by atoms with Crippen molar-refractivity contribution < 1.29 is 14.5 Å². The maximum Gasteiger partial charge on any atom is 0.270 e. The van der Waals surface area contributed by atoms with Crippen molar-refractivity contribution in [1.82, 2.24) is 15.2 Å². The summed E-state index contributed by atoms with van der Waals surface area (Å²) in [4.78, 5) is 32.0. The largest absolute Gasteiger partial charge is 0.497 e. The van der Waals surface area contributed by atoms with Crippen LogP contribution in [0.1, 0.15) is 10.4 Å². The Bertz CT molecular complexity index is 1090. The van der Waals surface area contributed by atoms with Crippen LogP contribution < -0.4 is 15.0 Å². The van der Waals surface area contributed by atoms with Crippen LogP contribution in [-0.4, -0.2) is 67.1 Å². The molecule has 0 bridgehead atoms. The highest BCUT2D eigenvalue weighted by Crippen LogP contribution is 2.31. The second-order valence-corrected chi connectivity index (χ2v) is 8.23. The van der Waals surface area contributed by atoms with E-state index in [1.54, 1.807) is 37.4 Å². The molecule has 1 aliphatic rings. The standard InChI is InChI=1S/C21H23N5O4S/c1-30-17-4-2-3-15(13-17)20(27)22-7-8-24-9-11-25(12-10-24)21-23-18-6-5-16(26(28)29)14-19(18)31-21/h2-6,13-14H,7-12H2,1H3,(H,22,27). The Morgan fingerprint density at radius 1 is 1.23 bits per heavy atom. The zero-order chi connectivity index (χ0) is 21.8. The summed E-state index contributed by atoms with van der Waals surface area (Å²) in [7, 11) is 1.58. The molecule has 10 heteroatoms. The van der Waals surface area contributed by atoms with E-state index in [2.05, 4.69) is 20.1 Å². The zero-order valence-electron chi connectivity index (χ0n) is 17.1. The molecule has 0 radical (unpaired) electrons. The molecule has 1 saturated heterocycles. The van der Waals surface area contributed by atoms with Gasteiger partial charge in [-0.1, -0.05) is 17.4 Å². The Morgan fingerprint density at radius 3 is 2.77 bits per heavy atom. The average Bonchev–Trinajstić information content (AvgIpc) is 3.23. The summed E-state index contributed by atoms with van der Waals surface area (Å²) < 4.78 is 5.99. The first-order chi connectivity index (χ1) is 15.0. The topological polar surface area (TPSA) is 101 Å². The van der Waals surface area contributed by atoms with Crippen LogP contribution in [0.25, 0.3) is 10.2 Å². The molecule has 4 rings (SSSR count). The Labute approximate surface area is 183 Å². The van der Waals surface area contributed by atoms with Gasteiger partial charge in [0.15, 0.2) is 5.13 Å². The van der Waals surface area contributed by atoms with E-state index in [9.17, 15) is 14.9 Å². The lowest BCUT2D eigenvalue weighted by Crippen LogP contribution is -2.48. The van der Waals surface area contributed by atoms with Crippen LogP contribution >= 0.6 is 11.3 Å². The highest BCUT2D eigenvalue weighted by Gasteiger charge is 2.20. The molecule has 31 heavy (non-hydrogen) atoms. The first kappa shape index (κ1) is 21.0. The molecule has 1 fully saturated rings. The van der Waals surface area contributed by atoms with E-state index in [4.69, 9.17) is 4.74 Å². The van der Waals surface area contributed by atoms with E-state index in [1.807, 2.05) is 6.07 Å². The van der Waals surface area contributed by atoms with Crippen molar-refractivity contribution in [1.29, 1.82) is 0 Å². The third kappa shape index (κ3) is 4.92. The molecule has 3 aromatic rings. The van der Waals surface area contributed by atoms with Crippen LogP contribution in [-0.2, 0) is 0 Å². The molecule has 1 aliphatic heterocycles. The number of fused-ring (bicyclic) bond motifs is 1. The van der Waals surface area contributed by atoms with Gasteiger partial charge in [0.2, 0.25) is 0 Å². The van der Waals surface area contributed by atoms with Crippen molar-refractivity contribution >= 4 is 38.3 Å². The fourth-order valence-corrected chi connectivity index (χ4v) is 4.56. The van der Waals surface area contributed by atoms with Crippen molar-refractivity contribution in [3.63, 3.8) is 0 Å². The quantitative estimate of drug-likeness (QED) is 0.444. The molecule has 1 amide bonds. The third-order valence-corrected chi connectivity index (χ3v) is 6.34. The molecular formula is C21H23N5O4S. The minimum atomic E-state index is -0.384. The number of aromatic nitrogens is 1. The van der Waals surface area contributed by atoms with Crippen molar-refractivity contribution in [3.05, 3.63) is 58.1 Å². The summed E-state index contributed by atoms with van der Waals surface area (Å²) in [5, 5.41) is 14.8. The maximum absolute atomic E-state index is 12.3. The summed E-state index contributed by atoms with van der Waals surface area (Å²) >= 11 is 1.48. The van der Waals surface area contributed by atoms with E-state index >= 15 is 0 Å². The first-order valence-electron chi connectivity index (χ1n) is 9.98. The number of hydrogen-bond acceptors (Lipinski definition) is 8. The minimum absolute atomic E-state index is 0.0866. The number of methoxy groups -OCH3 is 1. The minimum Gasteiger partial charge on any atom is -0.497 e. The first-order valence-corrected chi connectivity index (χ1v) is 10.8. The fraction of sp³-hybridized carbons (Fsp3) is 0.333. The number of ether oxygens (including phenoxy) is 1. The summed E-state index contributed by atoms with van der Waals surface area (Å²) in [6.45, 7) is 4.73. The molecule has 0 unspecified atom stereocenters. The normalized spacial score (nSPS) is 14.5. The van der Waals surface area contributed by atoms with Crippen LogP contribution in [0.3, 0.4) is 0 Å². The van der Waals surface area contributed by atoms with E-state index in [0.29, 0.717) is 17.9 Å². The predicted molar refractivity (Wildman–Crippen MR) is 120 cm³/mol. The number of nitrogens with zero attached hydrogens (tertiary/aromatic N) is 4. The Morgan fingerprint density at radius 2 is 2.03 bits per heavy atom. The molecule has 1 N–H and O–H groups in total. The Balaban J connectivity index is 1.26. The number of non-ortho nitro benzene ring substituents is 1. The van der Waals surface area contributed by atoms with Crippen LogP contribution in [0, 0.1) is 10.1 Å². The van der Waals surface area contributed by atoms with Crippen molar-refractivity contribution in [2.45, 2.75) is 0 Å². The summed E-state index contributed by atoms with van der Waals surface area (Å²) in [6.07, 6.45) is 0. The lowest BCUT2D eigenvalue weighted by atomic mass is 10.2. The van der Waals surface area contributed by atoms with E-state index in [1.165, 1.54) is 17.4 Å². The number of carbonyl (C=O) groups is 1. The highest BCUT2D eigenvalue weighted by molar-refractivity contribution is 7.22. The van der Waals surface area contributed by atoms with Gasteiger partial charge in [-0.25, -0.2) is 4.98 Å². The number of hydrogen-bond donors (Lipinski definition) is 1. The second kappa shape index (κ2) is 9.27. The molecule has 0 saturated carbocycles. The lowest BCUT2D eigenvalue weighted by molar-refractivity contribution is -0.384. The van der Waals surface area contributed by atoms with Gasteiger partial charge >= 0.3 is 0 Å². The zero-order valence-corrected chi connectivity index (χ0v) is 17.9. The number of nitrogens with one attached hydrogen (secondary N) is 1. The molecule has 9 nitrogen and oxygen atoms in total. The molecule has 0 aliphatic carbocycles. The molecule has 2 heterocycles. The number of nitro groups is 1. The van der Waals surface area contributed by atoms with Crippen molar-refractivity contribution in [3.8, 4) is 5.75 Å². The SMILES string of the molecule is COc1cccc(C(=O)NCCN2CCN(c3nc4ccc([N+](=O)[O-])cc4s3)CC2)c1. The average molecular weight is 442 g/mol. The van der Waals surface area contributed by atoms with Gasteiger partial charge in [0.05, 0.1) is 22.2 Å². The van der Waals surface area contributed by atoms with Gasteiger partial charge in [-0.15, -0.1) is 0 Å². The molecular weight excluding hydrogens is 418 g/mol. The summed E-state index contributed by atoms with van der Waals surface area (Å²) in [5.74, 6) is 0.550. The number of amides is 1. The van der Waals surface area contributed by atoms with E-state index in [-0.39, 0.29) is 16.5 Å². The van der Waals surface area contributed by atoms with Gasteiger partial charge in [-0.3, -0.25) is 19.8 Å². The monoisotopic (exact) mass is 441 g/mol. The maximum atomic E-state index is 12.3. The van der Waals surface area contributed by atoms with Crippen LogP contribution in [0.15, 0.2) is 42.5 Å². The Kier molecular flexibility index (Phi) is 6.28. The molecule has 0 atom stereocenters. The molecule has 162 valence electrons. The number of benzene rings is 2. The molecule has 1 aromatic heterocycles. The van der Waals surface area contributed by atoms with Crippen molar-refractivity contribution in [2.24, 2.45) is 0 Å². The van der Waals surface area contributed by atoms with Gasteiger partial charge in [0.25, 0.3) is 11.6 Å². The number of thiazole rings is 1. The van der Waals surface area contributed by atoms with Gasteiger partial charge in [-0.2, -0.15) is 0 Å². The molecule has 2 aromatic carbocycles. The second-order valence-electron chi connectivity index (χ2n) is 7.22. The van der Waals surface area contributed by atoms with Gasteiger partial charge in [-0.05, 0) is 24.3 Å². The third-order valence-electron chi connectivity index (χ3n) is 5.26. The van der Waals surface area contributed by atoms with Crippen molar-refractivity contribution in [2.75, 3.05) is 51.3 Å². The number of nitro benzene ring substituents is 1. The lowest BCUT2D eigenvalue weighted by Gasteiger charge is -2.34. The number of piperazine rings is 1. The number of carbonyl (C=O) groups excluding carboxylic acids is 1. The molecule has 0 spiro atoms. The van der Waals surface area contributed by atoms with E-state index in [0.717, 1.165) is 48.1 Å². The highest BCUT2D eigenvalue weighted by atomic mass is 32.1. The van der Waals surface area contributed by atoms with Gasteiger partial charge in [0, 0.05) is 57.0 Å². The summed E-state index contributed by atoms with van der Waals surface area (Å²) in [6, 6.07) is 11.9.